The van der Waals surface area contributed by atoms with Gasteiger partial charge in [-0.25, -0.2) is 0 Å². The first kappa shape index (κ1) is 13.0. The predicted molar refractivity (Wildman–Crippen MR) is 72.9 cm³/mol. The molecule has 5 nitrogen and oxygen atoms in total. The minimum Gasteiger partial charge on any atom is -0.454 e. The van der Waals surface area contributed by atoms with Gasteiger partial charge in [-0.1, -0.05) is 6.92 Å². The zero-order valence-electron chi connectivity index (χ0n) is 11.4. The summed E-state index contributed by atoms with van der Waals surface area (Å²) in [5.74, 6) is 0.792. The molecule has 1 atom stereocenters. The van der Waals surface area contributed by atoms with Crippen LogP contribution in [0.1, 0.15) is 26.2 Å². The number of carbonyl (C=O) groups excluding carboxylic acids is 2. The lowest BCUT2D eigenvalue weighted by molar-refractivity contribution is -0.133. The first-order valence-electron chi connectivity index (χ1n) is 6.94. The number of hydrogen-bond donors (Lipinski definition) is 0. The molecule has 1 amide bonds. The summed E-state index contributed by atoms with van der Waals surface area (Å²) in [5.41, 5.74) is 0.771. The van der Waals surface area contributed by atoms with Crippen LogP contribution >= 0.6 is 0 Å². The standard InChI is InChI=1S/C15H17NO4/c1-2-12(17)11-4-3-7-16(15(11)18)10-5-6-13-14(8-10)20-9-19-13/h5-6,8,11H,2-4,7,9H2,1H3. The van der Waals surface area contributed by atoms with Crippen molar-refractivity contribution in [3.8, 4) is 11.5 Å². The van der Waals surface area contributed by atoms with Gasteiger partial charge < -0.3 is 14.4 Å². The highest BCUT2D eigenvalue weighted by molar-refractivity contribution is 6.09. The molecule has 0 bridgehead atoms. The Kier molecular flexibility index (Phi) is 3.34. The molecule has 0 aromatic heterocycles. The maximum absolute atomic E-state index is 12.5. The van der Waals surface area contributed by atoms with Crippen molar-refractivity contribution in [2.75, 3.05) is 18.2 Å². The van der Waals surface area contributed by atoms with Gasteiger partial charge in [0.1, 0.15) is 5.78 Å². The Hall–Kier alpha value is -2.04. The third kappa shape index (κ3) is 2.13. The first-order valence-corrected chi connectivity index (χ1v) is 6.94. The van der Waals surface area contributed by atoms with E-state index in [1.807, 2.05) is 6.07 Å². The van der Waals surface area contributed by atoms with Crippen LogP contribution in [0.3, 0.4) is 0 Å². The van der Waals surface area contributed by atoms with E-state index in [0.717, 1.165) is 12.1 Å². The highest BCUT2D eigenvalue weighted by Gasteiger charge is 2.34. The fraction of sp³-hybridized carbons (Fsp3) is 0.467. The summed E-state index contributed by atoms with van der Waals surface area (Å²) in [6.45, 7) is 2.66. The minimum atomic E-state index is -0.487. The molecule has 0 saturated carbocycles. The van der Waals surface area contributed by atoms with Gasteiger partial charge in [-0.2, -0.15) is 0 Å². The van der Waals surface area contributed by atoms with E-state index in [1.54, 1.807) is 24.0 Å². The Bertz CT molecular complexity index is 555. The van der Waals surface area contributed by atoms with E-state index >= 15 is 0 Å². The number of piperidine rings is 1. The van der Waals surface area contributed by atoms with Gasteiger partial charge >= 0.3 is 0 Å². The Labute approximate surface area is 117 Å². The van der Waals surface area contributed by atoms with Crippen LogP contribution in [0.2, 0.25) is 0 Å². The van der Waals surface area contributed by atoms with Gasteiger partial charge in [-0.15, -0.1) is 0 Å². The molecule has 1 unspecified atom stereocenters. The fourth-order valence-corrected chi connectivity index (χ4v) is 2.73. The second-order valence-electron chi connectivity index (χ2n) is 5.04. The van der Waals surface area contributed by atoms with Crippen molar-refractivity contribution in [3.63, 3.8) is 0 Å². The number of ketones is 1. The number of rotatable bonds is 3. The zero-order chi connectivity index (χ0) is 14.1. The summed E-state index contributed by atoms with van der Waals surface area (Å²) in [6, 6.07) is 5.44. The first-order chi connectivity index (χ1) is 9.70. The van der Waals surface area contributed by atoms with Crippen LogP contribution < -0.4 is 14.4 Å². The summed E-state index contributed by atoms with van der Waals surface area (Å²) in [4.78, 5) is 26.0. The van der Waals surface area contributed by atoms with Crippen molar-refractivity contribution in [2.45, 2.75) is 26.2 Å². The molecule has 2 aliphatic heterocycles. The Morgan fingerprint density at radius 1 is 1.35 bits per heavy atom. The molecule has 1 fully saturated rings. The number of amides is 1. The summed E-state index contributed by atoms with van der Waals surface area (Å²) >= 11 is 0. The predicted octanol–water partition coefficient (Wildman–Crippen LogP) is 2.14. The van der Waals surface area contributed by atoms with Crippen LogP contribution in [0.5, 0.6) is 11.5 Å². The highest BCUT2D eigenvalue weighted by Crippen LogP contribution is 2.36. The van der Waals surface area contributed by atoms with Crippen molar-refractivity contribution >= 4 is 17.4 Å². The fourth-order valence-electron chi connectivity index (χ4n) is 2.73. The van der Waals surface area contributed by atoms with Crippen LogP contribution in [0.15, 0.2) is 18.2 Å². The normalized spacial score (nSPS) is 21.1. The van der Waals surface area contributed by atoms with E-state index in [4.69, 9.17) is 9.47 Å². The third-order valence-electron chi connectivity index (χ3n) is 3.84. The molecule has 0 aliphatic carbocycles. The Balaban J connectivity index is 1.86. The molecule has 20 heavy (non-hydrogen) atoms. The molecule has 2 aliphatic rings. The number of hydrogen-bond acceptors (Lipinski definition) is 4. The number of fused-ring (bicyclic) bond motifs is 1. The van der Waals surface area contributed by atoms with E-state index in [-0.39, 0.29) is 18.5 Å². The number of Topliss-reactive ketones (excluding diaryl/α,β-unsaturated/α-hetero) is 1. The van der Waals surface area contributed by atoms with Crippen molar-refractivity contribution in [1.29, 1.82) is 0 Å². The lowest BCUT2D eigenvalue weighted by atomic mass is 9.91. The summed E-state index contributed by atoms with van der Waals surface area (Å²) in [5, 5.41) is 0. The highest BCUT2D eigenvalue weighted by atomic mass is 16.7. The average Bonchev–Trinajstić information content (AvgIpc) is 2.94. The summed E-state index contributed by atoms with van der Waals surface area (Å²) < 4.78 is 10.6. The van der Waals surface area contributed by atoms with Gasteiger partial charge in [-0.3, -0.25) is 9.59 Å². The van der Waals surface area contributed by atoms with Gasteiger partial charge in [-0.05, 0) is 25.0 Å². The molecule has 5 heteroatoms. The molecule has 106 valence electrons. The SMILES string of the molecule is CCC(=O)C1CCCN(c2ccc3c(c2)OCO3)C1=O. The molecule has 0 spiro atoms. The van der Waals surface area contributed by atoms with E-state index < -0.39 is 5.92 Å². The molecular formula is C15H17NO4. The number of carbonyl (C=O) groups is 2. The zero-order valence-corrected chi connectivity index (χ0v) is 11.4. The van der Waals surface area contributed by atoms with Gasteiger partial charge in [0.25, 0.3) is 0 Å². The van der Waals surface area contributed by atoms with Gasteiger partial charge in [0, 0.05) is 24.7 Å². The molecule has 2 heterocycles. The van der Waals surface area contributed by atoms with Crippen molar-refractivity contribution in [2.24, 2.45) is 5.92 Å². The van der Waals surface area contributed by atoms with Crippen LogP contribution in [0, 0.1) is 5.92 Å². The summed E-state index contributed by atoms with van der Waals surface area (Å²) in [6.07, 6.45) is 1.91. The largest absolute Gasteiger partial charge is 0.454 e. The van der Waals surface area contributed by atoms with Crippen LogP contribution in [0.4, 0.5) is 5.69 Å². The lowest BCUT2D eigenvalue weighted by Crippen LogP contribution is -2.44. The van der Waals surface area contributed by atoms with Crippen LogP contribution in [0.25, 0.3) is 0 Å². The number of benzene rings is 1. The molecule has 0 N–H and O–H groups in total. The van der Waals surface area contributed by atoms with Gasteiger partial charge in [0.2, 0.25) is 12.7 Å². The Morgan fingerprint density at radius 3 is 2.95 bits per heavy atom. The van der Waals surface area contributed by atoms with Crippen LogP contribution in [-0.4, -0.2) is 25.0 Å². The Morgan fingerprint density at radius 2 is 2.15 bits per heavy atom. The average molecular weight is 275 g/mol. The molecule has 1 aromatic rings. The van der Waals surface area contributed by atoms with E-state index in [2.05, 4.69) is 0 Å². The van der Waals surface area contributed by atoms with E-state index in [9.17, 15) is 9.59 Å². The van der Waals surface area contributed by atoms with Gasteiger partial charge in [0.05, 0.1) is 5.92 Å². The summed E-state index contributed by atoms with van der Waals surface area (Å²) in [7, 11) is 0. The monoisotopic (exact) mass is 275 g/mol. The third-order valence-corrected chi connectivity index (χ3v) is 3.84. The van der Waals surface area contributed by atoms with E-state index in [0.29, 0.717) is 30.9 Å². The van der Waals surface area contributed by atoms with Crippen molar-refractivity contribution < 1.29 is 19.1 Å². The molecular weight excluding hydrogens is 258 g/mol. The quantitative estimate of drug-likeness (QED) is 0.793. The molecule has 1 saturated heterocycles. The number of anilines is 1. The second-order valence-corrected chi connectivity index (χ2v) is 5.04. The topological polar surface area (TPSA) is 55.8 Å². The van der Waals surface area contributed by atoms with E-state index in [1.165, 1.54) is 0 Å². The van der Waals surface area contributed by atoms with Crippen molar-refractivity contribution in [3.05, 3.63) is 18.2 Å². The van der Waals surface area contributed by atoms with Gasteiger partial charge in [0.15, 0.2) is 11.5 Å². The number of nitrogens with zero attached hydrogens (tertiary/aromatic N) is 1. The maximum Gasteiger partial charge on any atom is 0.237 e. The molecule has 1 aromatic carbocycles. The minimum absolute atomic E-state index is 0.0282. The molecule has 0 radical (unpaired) electrons. The molecule has 3 rings (SSSR count). The van der Waals surface area contributed by atoms with Crippen LogP contribution in [-0.2, 0) is 9.59 Å². The second kappa shape index (κ2) is 5.15. The van der Waals surface area contributed by atoms with Crippen molar-refractivity contribution in [1.82, 2.24) is 0 Å². The number of ether oxygens (including phenoxy) is 2. The smallest absolute Gasteiger partial charge is 0.237 e. The lowest BCUT2D eigenvalue weighted by Gasteiger charge is -2.31. The maximum atomic E-state index is 12.5.